The molecule has 0 radical (unpaired) electrons. The molecule has 0 aliphatic carbocycles. The molecule has 6 heteroatoms. The molecule has 0 bridgehead atoms. The van der Waals surface area contributed by atoms with Gasteiger partial charge < -0.3 is 5.73 Å². The third kappa shape index (κ3) is 1.69. The van der Waals surface area contributed by atoms with Gasteiger partial charge in [-0.3, -0.25) is 9.89 Å². The number of aromatic amines is 1. The second kappa shape index (κ2) is 4.18. The van der Waals surface area contributed by atoms with Crippen molar-refractivity contribution >= 4 is 5.69 Å². The summed E-state index contributed by atoms with van der Waals surface area (Å²) in [5, 5.41) is 10.5. The van der Waals surface area contributed by atoms with Gasteiger partial charge in [-0.25, -0.2) is 0 Å². The van der Waals surface area contributed by atoms with Gasteiger partial charge in [0, 0.05) is 6.20 Å². The van der Waals surface area contributed by atoms with Crippen LogP contribution in [0.4, 0.5) is 5.69 Å². The smallest absolute Gasteiger partial charge is 0.296 e. The fourth-order valence-corrected chi connectivity index (χ4v) is 1.51. The maximum absolute atomic E-state index is 11.8. The molecule has 0 atom stereocenters. The molecular weight excluding hydrogens is 206 g/mol. The highest BCUT2D eigenvalue weighted by Gasteiger charge is 2.11. The van der Waals surface area contributed by atoms with E-state index in [9.17, 15) is 4.79 Å². The van der Waals surface area contributed by atoms with Crippen molar-refractivity contribution in [3.8, 4) is 5.82 Å². The first-order valence-electron chi connectivity index (χ1n) is 5.11. The first kappa shape index (κ1) is 10.4. The van der Waals surface area contributed by atoms with Crippen LogP contribution in [0.5, 0.6) is 0 Å². The van der Waals surface area contributed by atoms with Crippen molar-refractivity contribution in [1.29, 1.82) is 0 Å². The van der Waals surface area contributed by atoms with E-state index < -0.39 is 0 Å². The topological polar surface area (TPSA) is 89.6 Å². The van der Waals surface area contributed by atoms with Gasteiger partial charge in [-0.05, 0) is 18.6 Å². The second-order valence-corrected chi connectivity index (χ2v) is 3.48. The predicted octanol–water partition coefficient (Wildman–Crippen LogP) is 0.490. The third-order valence-corrected chi connectivity index (χ3v) is 2.29. The highest BCUT2D eigenvalue weighted by molar-refractivity contribution is 5.42. The fraction of sp³-hybridized carbons (Fsp3) is 0.300. The maximum Gasteiger partial charge on any atom is 0.296 e. The first-order chi connectivity index (χ1) is 7.74. The Bertz CT molecular complexity index is 528. The number of H-pyrrole nitrogens is 1. The lowest BCUT2D eigenvalue weighted by Gasteiger charge is -1.98. The minimum atomic E-state index is -0.274. The summed E-state index contributed by atoms with van der Waals surface area (Å²) in [6.45, 7) is 2.03. The van der Waals surface area contributed by atoms with Gasteiger partial charge in [0.2, 0.25) is 0 Å². The van der Waals surface area contributed by atoms with Crippen molar-refractivity contribution < 1.29 is 0 Å². The zero-order chi connectivity index (χ0) is 11.5. The molecule has 84 valence electrons. The number of aryl methyl sites for hydroxylation is 1. The van der Waals surface area contributed by atoms with Crippen molar-refractivity contribution in [2.45, 2.75) is 19.8 Å². The number of hydrogen-bond donors (Lipinski definition) is 2. The summed E-state index contributed by atoms with van der Waals surface area (Å²) in [5.41, 5.74) is 6.45. The standard InChI is InChI=1S/C10H13N5O/c1-2-4-7-9(11)10(16)15(14-7)8-5-3-6-12-13-8/h3,5-6,14H,2,4,11H2,1H3. The Morgan fingerprint density at radius 2 is 2.38 bits per heavy atom. The molecule has 2 aromatic heterocycles. The van der Waals surface area contributed by atoms with Crippen LogP contribution >= 0.6 is 0 Å². The number of nitrogens with one attached hydrogen (secondary N) is 1. The largest absolute Gasteiger partial charge is 0.393 e. The van der Waals surface area contributed by atoms with Crippen molar-refractivity contribution in [3.63, 3.8) is 0 Å². The summed E-state index contributed by atoms with van der Waals surface area (Å²) >= 11 is 0. The maximum atomic E-state index is 11.8. The summed E-state index contributed by atoms with van der Waals surface area (Å²) in [5.74, 6) is 0.446. The quantitative estimate of drug-likeness (QED) is 0.786. The van der Waals surface area contributed by atoms with Crippen LogP contribution in [0.1, 0.15) is 19.0 Å². The number of nitrogens with two attached hydrogens (primary N) is 1. The Morgan fingerprint density at radius 1 is 1.56 bits per heavy atom. The van der Waals surface area contributed by atoms with Crippen molar-refractivity contribution in [3.05, 3.63) is 34.4 Å². The number of nitrogen functional groups attached to an aromatic ring is 1. The molecular formula is C10H13N5O. The van der Waals surface area contributed by atoms with Gasteiger partial charge in [-0.1, -0.05) is 13.3 Å². The molecule has 3 N–H and O–H groups in total. The van der Waals surface area contributed by atoms with E-state index in [1.807, 2.05) is 6.92 Å². The number of hydrogen-bond acceptors (Lipinski definition) is 4. The molecule has 0 aliphatic heterocycles. The van der Waals surface area contributed by atoms with Gasteiger partial charge in [0.1, 0.15) is 5.69 Å². The molecule has 0 aliphatic rings. The Hall–Kier alpha value is -2.11. The lowest BCUT2D eigenvalue weighted by molar-refractivity contribution is 0.759. The normalized spacial score (nSPS) is 10.6. The average molecular weight is 219 g/mol. The van der Waals surface area contributed by atoms with Crippen molar-refractivity contribution in [2.24, 2.45) is 0 Å². The first-order valence-corrected chi connectivity index (χ1v) is 5.11. The molecule has 2 aromatic rings. The van der Waals surface area contributed by atoms with Gasteiger partial charge >= 0.3 is 0 Å². The lowest BCUT2D eigenvalue weighted by atomic mass is 10.2. The van der Waals surface area contributed by atoms with Gasteiger partial charge in [0.05, 0.1) is 5.69 Å². The Balaban J connectivity index is 2.51. The molecule has 16 heavy (non-hydrogen) atoms. The van der Waals surface area contributed by atoms with E-state index in [-0.39, 0.29) is 11.2 Å². The molecule has 0 amide bonds. The lowest BCUT2D eigenvalue weighted by Crippen LogP contribution is -2.17. The Morgan fingerprint density at radius 3 is 3.00 bits per heavy atom. The number of nitrogens with zero attached hydrogens (tertiary/aromatic N) is 3. The molecule has 6 nitrogen and oxygen atoms in total. The van der Waals surface area contributed by atoms with E-state index in [1.165, 1.54) is 4.68 Å². The van der Waals surface area contributed by atoms with E-state index in [0.717, 1.165) is 18.5 Å². The molecule has 0 saturated carbocycles. The molecule has 2 rings (SSSR count). The van der Waals surface area contributed by atoms with Crippen molar-refractivity contribution in [2.75, 3.05) is 5.73 Å². The van der Waals surface area contributed by atoms with Gasteiger partial charge in [-0.2, -0.15) is 9.78 Å². The molecule has 0 spiro atoms. The van der Waals surface area contributed by atoms with Gasteiger partial charge in [0.15, 0.2) is 5.82 Å². The minimum absolute atomic E-state index is 0.257. The van der Waals surface area contributed by atoms with E-state index in [4.69, 9.17) is 5.73 Å². The van der Waals surface area contributed by atoms with Crippen LogP contribution in [-0.4, -0.2) is 20.0 Å². The van der Waals surface area contributed by atoms with Crippen LogP contribution in [0, 0.1) is 0 Å². The van der Waals surface area contributed by atoms with Crippen LogP contribution in [0.15, 0.2) is 23.1 Å². The highest BCUT2D eigenvalue weighted by Crippen LogP contribution is 2.08. The summed E-state index contributed by atoms with van der Waals surface area (Å²) < 4.78 is 1.31. The zero-order valence-electron chi connectivity index (χ0n) is 8.97. The minimum Gasteiger partial charge on any atom is -0.393 e. The van der Waals surface area contributed by atoms with Gasteiger partial charge in [0.25, 0.3) is 5.56 Å². The van der Waals surface area contributed by atoms with E-state index in [1.54, 1.807) is 18.3 Å². The summed E-state index contributed by atoms with van der Waals surface area (Å²) in [7, 11) is 0. The van der Waals surface area contributed by atoms with Crippen LogP contribution in [-0.2, 0) is 6.42 Å². The SMILES string of the molecule is CCCc1[nH]n(-c2cccnn2)c(=O)c1N. The third-order valence-electron chi connectivity index (χ3n) is 2.29. The molecule has 2 heterocycles. The molecule has 0 aromatic carbocycles. The van der Waals surface area contributed by atoms with Gasteiger partial charge in [-0.15, -0.1) is 5.10 Å². The van der Waals surface area contributed by atoms with Crippen LogP contribution in [0.2, 0.25) is 0 Å². The monoisotopic (exact) mass is 219 g/mol. The van der Waals surface area contributed by atoms with E-state index in [0.29, 0.717) is 5.82 Å². The summed E-state index contributed by atoms with van der Waals surface area (Å²) in [6.07, 6.45) is 3.22. The highest BCUT2D eigenvalue weighted by atomic mass is 16.1. The zero-order valence-corrected chi connectivity index (χ0v) is 8.97. The molecule has 0 saturated heterocycles. The number of rotatable bonds is 3. The average Bonchev–Trinajstić information content (AvgIpc) is 2.59. The second-order valence-electron chi connectivity index (χ2n) is 3.48. The predicted molar refractivity (Wildman–Crippen MR) is 60.4 cm³/mol. The van der Waals surface area contributed by atoms with E-state index >= 15 is 0 Å². The molecule has 0 unspecified atom stereocenters. The number of aromatic nitrogens is 4. The van der Waals surface area contributed by atoms with Crippen molar-refractivity contribution in [1.82, 2.24) is 20.0 Å². The summed E-state index contributed by atoms with van der Waals surface area (Å²) in [4.78, 5) is 11.8. The van der Waals surface area contributed by atoms with Crippen LogP contribution in [0.3, 0.4) is 0 Å². The van der Waals surface area contributed by atoms with Crippen LogP contribution < -0.4 is 11.3 Å². The molecule has 0 fully saturated rings. The fourth-order valence-electron chi connectivity index (χ4n) is 1.51. The Kier molecular flexibility index (Phi) is 2.72. The van der Waals surface area contributed by atoms with Crippen LogP contribution in [0.25, 0.3) is 5.82 Å². The summed E-state index contributed by atoms with van der Waals surface area (Å²) in [6, 6.07) is 3.41. The van der Waals surface area contributed by atoms with E-state index in [2.05, 4.69) is 15.3 Å². The Labute approximate surface area is 92.1 Å². The number of anilines is 1.